The van der Waals surface area contributed by atoms with Crippen LogP contribution in [0.5, 0.6) is 0 Å². The summed E-state index contributed by atoms with van der Waals surface area (Å²) in [6.07, 6.45) is 3.58. The van der Waals surface area contributed by atoms with Gasteiger partial charge in [-0.3, -0.25) is 4.79 Å². The molecule has 2 aromatic rings. The lowest BCUT2D eigenvalue weighted by Gasteiger charge is -2.16. The number of carbonyl (C=O) groups excluding carboxylic acids is 1. The SMILES string of the molecule is CC(C)Nc1cccc(F)c1NC(=O)c1ccoc1C1CC1. The number of amides is 1. The molecule has 0 bridgehead atoms. The number of carbonyl (C=O) groups is 1. The summed E-state index contributed by atoms with van der Waals surface area (Å²) in [4.78, 5) is 12.5. The summed E-state index contributed by atoms with van der Waals surface area (Å²) < 4.78 is 19.5. The van der Waals surface area contributed by atoms with Gasteiger partial charge in [-0.15, -0.1) is 0 Å². The number of nitrogens with one attached hydrogen (secondary N) is 2. The normalized spacial score (nSPS) is 14.2. The Bertz CT molecular complexity index is 690. The lowest BCUT2D eigenvalue weighted by molar-refractivity contribution is 0.102. The number of rotatable bonds is 5. The van der Waals surface area contributed by atoms with Gasteiger partial charge in [0, 0.05) is 12.0 Å². The molecule has 1 heterocycles. The van der Waals surface area contributed by atoms with Crippen molar-refractivity contribution in [2.45, 2.75) is 38.6 Å². The lowest BCUT2D eigenvalue weighted by atomic mass is 10.1. The summed E-state index contributed by atoms with van der Waals surface area (Å²) in [5.41, 5.74) is 1.23. The molecular weight excluding hydrogens is 283 g/mol. The number of halogens is 1. The van der Waals surface area contributed by atoms with E-state index in [-0.39, 0.29) is 17.6 Å². The van der Waals surface area contributed by atoms with Crippen LogP contribution >= 0.6 is 0 Å². The van der Waals surface area contributed by atoms with Crippen LogP contribution in [0.4, 0.5) is 15.8 Å². The highest BCUT2D eigenvalue weighted by atomic mass is 19.1. The Hall–Kier alpha value is -2.30. The number of para-hydroxylation sites is 1. The summed E-state index contributed by atoms with van der Waals surface area (Å²) in [7, 11) is 0. The fourth-order valence-electron chi connectivity index (χ4n) is 2.43. The van der Waals surface area contributed by atoms with Crippen LogP contribution < -0.4 is 10.6 Å². The quantitative estimate of drug-likeness (QED) is 0.862. The molecule has 0 saturated heterocycles. The van der Waals surface area contributed by atoms with Gasteiger partial charge in [0.1, 0.15) is 17.3 Å². The second-order valence-corrected chi connectivity index (χ2v) is 5.89. The Labute approximate surface area is 128 Å². The van der Waals surface area contributed by atoms with E-state index in [1.165, 1.54) is 12.3 Å². The van der Waals surface area contributed by atoms with Crippen molar-refractivity contribution in [1.29, 1.82) is 0 Å². The first-order valence-corrected chi connectivity index (χ1v) is 7.50. The molecule has 116 valence electrons. The third-order valence-corrected chi connectivity index (χ3v) is 3.58. The first-order chi connectivity index (χ1) is 10.6. The van der Waals surface area contributed by atoms with E-state index < -0.39 is 5.82 Å². The van der Waals surface area contributed by atoms with Gasteiger partial charge in [0.25, 0.3) is 5.91 Å². The fraction of sp³-hybridized carbons (Fsp3) is 0.353. The summed E-state index contributed by atoms with van der Waals surface area (Å²) in [6.45, 7) is 3.91. The maximum Gasteiger partial charge on any atom is 0.259 e. The molecule has 5 heteroatoms. The van der Waals surface area contributed by atoms with E-state index in [1.54, 1.807) is 18.2 Å². The van der Waals surface area contributed by atoms with Crippen molar-refractivity contribution in [1.82, 2.24) is 0 Å². The van der Waals surface area contributed by atoms with Crippen LogP contribution in [0.2, 0.25) is 0 Å². The number of hydrogen-bond donors (Lipinski definition) is 2. The van der Waals surface area contributed by atoms with Crippen molar-refractivity contribution in [2.75, 3.05) is 10.6 Å². The largest absolute Gasteiger partial charge is 0.468 e. The molecule has 0 aliphatic heterocycles. The molecule has 22 heavy (non-hydrogen) atoms. The van der Waals surface area contributed by atoms with Crippen molar-refractivity contribution >= 4 is 17.3 Å². The lowest BCUT2D eigenvalue weighted by Crippen LogP contribution is -2.17. The standard InChI is InChI=1S/C17H19FN2O2/c1-10(2)19-14-5-3-4-13(18)15(14)20-17(21)12-8-9-22-16(12)11-6-7-11/h3-5,8-11,19H,6-7H2,1-2H3,(H,20,21). The van der Waals surface area contributed by atoms with Gasteiger partial charge in [-0.1, -0.05) is 6.07 Å². The number of furan rings is 1. The Morgan fingerprint density at radius 3 is 2.77 bits per heavy atom. The summed E-state index contributed by atoms with van der Waals surface area (Å²) >= 11 is 0. The van der Waals surface area contributed by atoms with Gasteiger partial charge >= 0.3 is 0 Å². The zero-order valence-corrected chi connectivity index (χ0v) is 12.7. The van der Waals surface area contributed by atoms with Crippen molar-refractivity contribution in [3.63, 3.8) is 0 Å². The topological polar surface area (TPSA) is 54.3 Å². The van der Waals surface area contributed by atoms with Crippen LogP contribution in [0.3, 0.4) is 0 Å². The van der Waals surface area contributed by atoms with Gasteiger partial charge < -0.3 is 15.1 Å². The molecule has 4 nitrogen and oxygen atoms in total. The molecule has 3 rings (SSSR count). The van der Waals surface area contributed by atoms with E-state index in [0.717, 1.165) is 12.8 Å². The van der Waals surface area contributed by atoms with Gasteiger partial charge in [0.05, 0.1) is 17.5 Å². The second-order valence-electron chi connectivity index (χ2n) is 5.89. The molecule has 0 atom stereocenters. The molecule has 1 fully saturated rings. The van der Waals surface area contributed by atoms with E-state index in [1.807, 2.05) is 13.8 Å². The summed E-state index contributed by atoms with van der Waals surface area (Å²) in [6, 6.07) is 6.46. The molecule has 0 radical (unpaired) electrons. The van der Waals surface area contributed by atoms with Crippen LogP contribution in [0, 0.1) is 5.82 Å². The molecular formula is C17H19FN2O2. The van der Waals surface area contributed by atoms with Crippen LogP contribution in [-0.4, -0.2) is 11.9 Å². The minimum atomic E-state index is -0.463. The molecule has 1 saturated carbocycles. The van der Waals surface area contributed by atoms with Crippen LogP contribution in [-0.2, 0) is 0 Å². The van der Waals surface area contributed by atoms with Crippen molar-refractivity contribution in [3.8, 4) is 0 Å². The van der Waals surface area contributed by atoms with Gasteiger partial charge in [-0.05, 0) is 44.9 Å². The Kier molecular flexibility index (Phi) is 3.88. The van der Waals surface area contributed by atoms with E-state index in [9.17, 15) is 9.18 Å². The number of hydrogen-bond acceptors (Lipinski definition) is 3. The first kappa shape index (κ1) is 14.6. The van der Waals surface area contributed by atoms with Crippen molar-refractivity contribution < 1.29 is 13.6 Å². The minimum absolute atomic E-state index is 0.133. The molecule has 0 unspecified atom stereocenters. The third-order valence-electron chi connectivity index (χ3n) is 3.58. The first-order valence-electron chi connectivity index (χ1n) is 7.50. The van der Waals surface area contributed by atoms with Crippen molar-refractivity contribution in [3.05, 3.63) is 47.7 Å². The van der Waals surface area contributed by atoms with Gasteiger partial charge in [-0.2, -0.15) is 0 Å². The smallest absolute Gasteiger partial charge is 0.259 e. The maximum absolute atomic E-state index is 14.1. The van der Waals surface area contributed by atoms with Gasteiger partial charge in [0.2, 0.25) is 0 Å². The van der Waals surface area contributed by atoms with E-state index in [4.69, 9.17) is 4.42 Å². The zero-order valence-electron chi connectivity index (χ0n) is 12.7. The molecule has 1 aliphatic carbocycles. The van der Waals surface area contributed by atoms with Crippen LogP contribution in [0.15, 0.2) is 34.9 Å². The zero-order chi connectivity index (χ0) is 15.7. The molecule has 0 spiro atoms. The fourth-order valence-corrected chi connectivity index (χ4v) is 2.43. The molecule has 1 aromatic heterocycles. The van der Waals surface area contributed by atoms with Gasteiger partial charge in [-0.25, -0.2) is 4.39 Å². The maximum atomic E-state index is 14.1. The highest BCUT2D eigenvalue weighted by molar-refractivity contribution is 6.06. The van der Waals surface area contributed by atoms with Crippen LogP contribution in [0.25, 0.3) is 0 Å². The molecule has 1 amide bonds. The van der Waals surface area contributed by atoms with Gasteiger partial charge in [0.15, 0.2) is 0 Å². The number of benzene rings is 1. The van der Waals surface area contributed by atoms with Crippen LogP contribution in [0.1, 0.15) is 48.7 Å². The highest BCUT2D eigenvalue weighted by Crippen LogP contribution is 2.42. The van der Waals surface area contributed by atoms with E-state index in [2.05, 4.69) is 10.6 Å². The Morgan fingerprint density at radius 2 is 2.09 bits per heavy atom. The second kappa shape index (κ2) is 5.83. The average molecular weight is 302 g/mol. The molecule has 1 aromatic carbocycles. The predicted octanol–water partition coefficient (Wildman–Crippen LogP) is 4.37. The Morgan fingerprint density at radius 1 is 1.32 bits per heavy atom. The summed E-state index contributed by atoms with van der Waals surface area (Å²) in [5.74, 6) is 0.222. The minimum Gasteiger partial charge on any atom is -0.468 e. The Balaban J connectivity index is 1.86. The monoisotopic (exact) mass is 302 g/mol. The van der Waals surface area contributed by atoms with Crippen molar-refractivity contribution in [2.24, 2.45) is 0 Å². The molecule has 1 aliphatic rings. The number of anilines is 2. The van der Waals surface area contributed by atoms with E-state index in [0.29, 0.717) is 22.9 Å². The molecule has 2 N–H and O–H groups in total. The van der Waals surface area contributed by atoms with E-state index >= 15 is 0 Å². The summed E-state index contributed by atoms with van der Waals surface area (Å²) in [5, 5.41) is 5.81. The average Bonchev–Trinajstić information content (AvgIpc) is 3.19. The predicted molar refractivity (Wildman–Crippen MR) is 83.8 cm³/mol. The third kappa shape index (κ3) is 2.98. The highest BCUT2D eigenvalue weighted by Gasteiger charge is 2.31.